The summed E-state index contributed by atoms with van der Waals surface area (Å²) in [5.41, 5.74) is 1.44. The quantitative estimate of drug-likeness (QED) is 0.208. The number of hydrogen-bond donors (Lipinski definition) is 0. The van der Waals surface area contributed by atoms with Crippen LogP contribution in [0.1, 0.15) is 85.5 Å². The van der Waals surface area contributed by atoms with Gasteiger partial charge in [-0.2, -0.15) is 0 Å². The largest absolute Gasteiger partial charge is 0.458 e. The van der Waals surface area contributed by atoms with Gasteiger partial charge >= 0.3 is 5.97 Å². The molecule has 0 spiro atoms. The molecule has 0 amide bonds. The Labute approximate surface area is 144 Å². The normalized spacial score (nSPS) is 13.2. The van der Waals surface area contributed by atoms with Crippen molar-refractivity contribution in [1.29, 1.82) is 0 Å². The molecule has 0 fully saturated rings. The van der Waals surface area contributed by atoms with E-state index in [1.165, 1.54) is 56.6 Å². The van der Waals surface area contributed by atoms with Crippen molar-refractivity contribution >= 4 is 5.97 Å². The molecular weight excluding hydrogens is 284 g/mol. The summed E-state index contributed by atoms with van der Waals surface area (Å²) in [6.07, 6.45) is 14.6. The summed E-state index contributed by atoms with van der Waals surface area (Å²) in [7, 11) is 0. The highest BCUT2D eigenvalue weighted by Crippen LogP contribution is 2.21. The monoisotopic (exact) mass is 322 g/mol. The van der Waals surface area contributed by atoms with Crippen LogP contribution in [0.4, 0.5) is 0 Å². The molecule has 2 nitrogen and oxygen atoms in total. The van der Waals surface area contributed by atoms with Gasteiger partial charge in [-0.05, 0) is 43.6 Å². The van der Waals surface area contributed by atoms with Gasteiger partial charge in [-0.15, -0.1) is 0 Å². The Balaban J connectivity index is 4.05. The third-order valence-corrected chi connectivity index (χ3v) is 4.29. The first-order valence-electron chi connectivity index (χ1n) is 9.46. The standard InChI is InChI=1S/C21H38O2/c1-6-8-14-20(16-17-23-21(22)7-2)15-10-13-19(5)12-9-11-18(3)4/h7,16,18-19H,2,6,8-15,17H2,1,3-5H3/b20-16+/t19-/m0/s1. The maximum atomic E-state index is 11.1. The minimum Gasteiger partial charge on any atom is -0.458 e. The molecule has 0 rings (SSSR count). The second kappa shape index (κ2) is 14.5. The maximum Gasteiger partial charge on any atom is 0.330 e. The van der Waals surface area contributed by atoms with Crippen LogP contribution in [0.3, 0.4) is 0 Å². The number of carbonyl (C=O) groups is 1. The number of unbranched alkanes of at least 4 members (excludes halogenated alkanes) is 1. The lowest BCUT2D eigenvalue weighted by atomic mass is 9.93. The molecule has 2 heteroatoms. The van der Waals surface area contributed by atoms with Crippen molar-refractivity contribution in [3.8, 4) is 0 Å². The molecule has 1 atom stereocenters. The highest BCUT2D eigenvalue weighted by molar-refractivity contribution is 5.81. The van der Waals surface area contributed by atoms with Crippen LogP contribution in [-0.4, -0.2) is 12.6 Å². The topological polar surface area (TPSA) is 26.3 Å². The van der Waals surface area contributed by atoms with Crippen LogP contribution in [0.25, 0.3) is 0 Å². The van der Waals surface area contributed by atoms with E-state index in [2.05, 4.69) is 40.3 Å². The van der Waals surface area contributed by atoms with Crippen LogP contribution in [-0.2, 0) is 9.53 Å². The van der Waals surface area contributed by atoms with E-state index in [0.29, 0.717) is 6.61 Å². The highest BCUT2D eigenvalue weighted by atomic mass is 16.5. The van der Waals surface area contributed by atoms with Gasteiger partial charge in [0.15, 0.2) is 0 Å². The molecular formula is C21H38O2. The molecule has 0 N–H and O–H groups in total. The predicted octanol–water partition coefficient (Wildman–Crippen LogP) is 6.46. The van der Waals surface area contributed by atoms with E-state index in [1.54, 1.807) is 0 Å². The van der Waals surface area contributed by atoms with Gasteiger partial charge in [-0.25, -0.2) is 4.79 Å². The Morgan fingerprint density at radius 2 is 1.70 bits per heavy atom. The van der Waals surface area contributed by atoms with Crippen LogP contribution in [0.2, 0.25) is 0 Å². The average molecular weight is 323 g/mol. The second-order valence-electron chi connectivity index (χ2n) is 7.12. The lowest BCUT2D eigenvalue weighted by molar-refractivity contribution is -0.136. The maximum absolute atomic E-state index is 11.1. The van der Waals surface area contributed by atoms with Crippen molar-refractivity contribution in [2.75, 3.05) is 6.61 Å². The summed E-state index contributed by atoms with van der Waals surface area (Å²) in [6, 6.07) is 0. The van der Waals surface area contributed by atoms with Crippen molar-refractivity contribution in [3.63, 3.8) is 0 Å². The third kappa shape index (κ3) is 14.3. The van der Waals surface area contributed by atoms with Crippen LogP contribution < -0.4 is 0 Å². The zero-order chi connectivity index (χ0) is 17.5. The molecule has 0 bridgehead atoms. The smallest absolute Gasteiger partial charge is 0.330 e. The molecule has 0 aromatic rings. The Kier molecular flexibility index (Phi) is 13.9. The number of ether oxygens (including phenoxy) is 1. The van der Waals surface area contributed by atoms with E-state index in [0.717, 1.165) is 24.7 Å². The fourth-order valence-electron chi connectivity index (χ4n) is 2.73. The Hall–Kier alpha value is -1.05. The van der Waals surface area contributed by atoms with Gasteiger partial charge in [0, 0.05) is 6.08 Å². The summed E-state index contributed by atoms with van der Waals surface area (Å²) >= 11 is 0. The third-order valence-electron chi connectivity index (χ3n) is 4.29. The van der Waals surface area contributed by atoms with Crippen LogP contribution in [0.15, 0.2) is 24.3 Å². The Morgan fingerprint density at radius 1 is 1.04 bits per heavy atom. The molecule has 0 radical (unpaired) electrons. The molecule has 0 aliphatic carbocycles. The number of esters is 1. The van der Waals surface area contributed by atoms with Gasteiger partial charge in [-0.3, -0.25) is 0 Å². The van der Waals surface area contributed by atoms with E-state index in [4.69, 9.17) is 4.74 Å². The van der Waals surface area contributed by atoms with Crippen molar-refractivity contribution < 1.29 is 9.53 Å². The van der Waals surface area contributed by atoms with Gasteiger partial charge < -0.3 is 4.74 Å². The number of hydrogen-bond acceptors (Lipinski definition) is 2. The molecule has 0 aromatic carbocycles. The van der Waals surface area contributed by atoms with Crippen molar-refractivity contribution in [2.45, 2.75) is 85.5 Å². The van der Waals surface area contributed by atoms with E-state index in [1.807, 2.05) is 0 Å². The lowest BCUT2D eigenvalue weighted by Gasteiger charge is -2.13. The van der Waals surface area contributed by atoms with Crippen LogP contribution in [0.5, 0.6) is 0 Å². The predicted molar refractivity (Wildman–Crippen MR) is 100 cm³/mol. The van der Waals surface area contributed by atoms with Crippen molar-refractivity contribution in [3.05, 3.63) is 24.3 Å². The molecule has 0 aliphatic heterocycles. The Bertz CT molecular complexity index is 342. The number of rotatable bonds is 14. The lowest BCUT2D eigenvalue weighted by Crippen LogP contribution is -2.01. The SMILES string of the molecule is C=CC(=O)OC/C=C(\CCCC)CCC[C@@H](C)CCCC(C)C. The highest BCUT2D eigenvalue weighted by Gasteiger charge is 2.05. The van der Waals surface area contributed by atoms with Gasteiger partial charge in [-0.1, -0.05) is 72.0 Å². The van der Waals surface area contributed by atoms with Gasteiger partial charge in [0.2, 0.25) is 0 Å². The average Bonchev–Trinajstić information content (AvgIpc) is 2.51. The summed E-state index contributed by atoms with van der Waals surface area (Å²) in [4.78, 5) is 11.1. The molecule has 0 saturated heterocycles. The molecule has 0 aliphatic rings. The van der Waals surface area contributed by atoms with Gasteiger partial charge in [0.05, 0.1) is 0 Å². The van der Waals surface area contributed by atoms with Gasteiger partial charge in [0.25, 0.3) is 0 Å². The van der Waals surface area contributed by atoms with Crippen LogP contribution >= 0.6 is 0 Å². The summed E-state index contributed by atoms with van der Waals surface area (Å²) in [5, 5.41) is 0. The van der Waals surface area contributed by atoms with Crippen LogP contribution in [0, 0.1) is 11.8 Å². The minimum absolute atomic E-state index is 0.338. The fourth-order valence-corrected chi connectivity index (χ4v) is 2.73. The van der Waals surface area contributed by atoms with Crippen molar-refractivity contribution in [2.24, 2.45) is 11.8 Å². The van der Waals surface area contributed by atoms with E-state index in [9.17, 15) is 4.79 Å². The zero-order valence-electron chi connectivity index (χ0n) is 15.9. The molecule has 134 valence electrons. The van der Waals surface area contributed by atoms with E-state index >= 15 is 0 Å². The summed E-state index contributed by atoms with van der Waals surface area (Å²) in [5.74, 6) is 1.30. The zero-order valence-corrected chi connectivity index (χ0v) is 15.9. The molecule has 0 unspecified atom stereocenters. The fraction of sp³-hybridized carbons (Fsp3) is 0.762. The minimum atomic E-state index is -0.338. The first kappa shape index (κ1) is 21.9. The molecule has 0 saturated carbocycles. The summed E-state index contributed by atoms with van der Waals surface area (Å²) in [6.45, 7) is 13.0. The second-order valence-corrected chi connectivity index (χ2v) is 7.12. The molecule has 0 heterocycles. The molecule has 0 aromatic heterocycles. The molecule has 23 heavy (non-hydrogen) atoms. The van der Waals surface area contributed by atoms with E-state index < -0.39 is 0 Å². The first-order valence-corrected chi connectivity index (χ1v) is 9.46. The summed E-state index contributed by atoms with van der Waals surface area (Å²) < 4.78 is 5.07. The number of carbonyl (C=O) groups excluding carboxylic acids is 1. The van der Waals surface area contributed by atoms with E-state index in [-0.39, 0.29) is 5.97 Å². The van der Waals surface area contributed by atoms with Gasteiger partial charge in [0.1, 0.15) is 6.61 Å². The first-order chi connectivity index (χ1) is 11.0. The van der Waals surface area contributed by atoms with Crippen molar-refractivity contribution in [1.82, 2.24) is 0 Å². The Morgan fingerprint density at radius 3 is 2.30 bits per heavy atom. The number of allylic oxidation sites excluding steroid dienone is 1.